The second-order valence-corrected chi connectivity index (χ2v) is 7.49. The minimum absolute atomic E-state index is 0.751. The van der Waals surface area contributed by atoms with E-state index in [1.165, 1.54) is 16.7 Å². The van der Waals surface area contributed by atoms with Gasteiger partial charge in [0, 0.05) is 11.9 Å². The van der Waals surface area contributed by atoms with Crippen molar-refractivity contribution in [3.8, 4) is 0 Å². The van der Waals surface area contributed by atoms with Gasteiger partial charge in [-0.1, -0.05) is 78.5 Å². The van der Waals surface area contributed by atoms with Crippen molar-refractivity contribution in [1.29, 1.82) is 0 Å². The Morgan fingerprint density at radius 2 is 1.89 bits per heavy atom. The van der Waals surface area contributed by atoms with Gasteiger partial charge in [-0.05, 0) is 35.7 Å². The van der Waals surface area contributed by atoms with Gasteiger partial charge in [0.1, 0.15) is 5.52 Å². The highest BCUT2D eigenvalue weighted by atomic mass is 32.2. The van der Waals surface area contributed by atoms with E-state index >= 15 is 0 Å². The number of fused-ring (bicyclic) bond motifs is 1. The summed E-state index contributed by atoms with van der Waals surface area (Å²) >= 11 is 1.76. The summed E-state index contributed by atoms with van der Waals surface area (Å²) in [6.45, 7) is 6.70. The van der Waals surface area contributed by atoms with Crippen molar-refractivity contribution in [1.82, 2.24) is 14.5 Å². The maximum absolute atomic E-state index is 4.83. The van der Waals surface area contributed by atoms with Crippen molar-refractivity contribution in [2.45, 2.75) is 24.4 Å². The smallest absolute Gasteiger partial charge is 0.170 e. The molecule has 2 heterocycles. The Morgan fingerprint density at radius 3 is 2.67 bits per heavy atom. The van der Waals surface area contributed by atoms with Gasteiger partial charge in [0.2, 0.25) is 0 Å². The summed E-state index contributed by atoms with van der Waals surface area (Å²) in [5.74, 6) is 0.889. The molecular formula is C23H21N3S. The first-order valence-electron chi connectivity index (χ1n) is 8.94. The predicted octanol–water partition coefficient (Wildman–Crippen LogP) is 5.72. The first kappa shape index (κ1) is 17.6. The van der Waals surface area contributed by atoms with Crippen LogP contribution in [0.4, 0.5) is 0 Å². The number of hydrogen-bond donors (Lipinski definition) is 0. The summed E-state index contributed by atoms with van der Waals surface area (Å²) in [4.78, 5) is 9.40. The molecule has 0 fully saturated rings. The van der Waals surface area contributed by atoms with E-state index in [0.717, 1.165) is 34.2 Å². The summed E-state index contributed by atoms with van der Waals surface area (Å²) in [6, 6.07) is 21.1. The van der Waals surface area contributed by atoms with E-state index in [9.17, 15) is 0 Å². The van der Waals surface area contributed by atoms with Crippen molar-refractivity contribution in [2.75, 3.05) is 0 Å². The second kappa shape index (κ2) is 7.80. The number of pyridine rings is 1. The Balaban J connectivity index is 1.65. The SMILES string of the molecule is C=Cc1ccc(Cn2c(SCc3cccc(C)c3)nc3cccnc32)cc1. The quantitative estimate of drug-likeness (QED) is 0.406. The fourth-order valence-electron chi connectivity index (χ4n) is 3.08. The van der Waals surface area contributed by atoms with Crippen molar-refractivity contribution in [3.63, 3.8) is 0 Å². The molecule has 0 unspecified atom stereocenters. The molecule has 4 aromatic rings. The Labute approximate surface area is 163 Å². The Bertz CT molecular complexity index is 1080. The average Bonchev–Trinajstić information content (AvgIpc) is 3.05. The van der Waals surface area contributed by atoms with Crippen molar-refractivity contribution >= 4 is 29.0 Å². The van der Waals surface area contributed by atoms with E-state index in [2.05, 4.69) is 71.6 Å². The highest BCUT2D eigenvalue weighted by Gasteiger charge is 2.13. The van der Waals surface area contributed by atoms with E-state index in [1.807, 2.05) is 24.4 Å². The first-order valence-corrected chi connectivity index (χ1v) is 9.92. The summed E-state index contributed by atoms with van der Waals surface area (Å²) in [7, 11) is 0. The lowest BCUT2D eigenvalue weighted by atomic mass is 10.1. The van der Waals surface area contributed by atoms with Gasteiger partial charge in [-0.15, -0.1) is 0 Å². The molecule has 2 aromatic carbocycles. The van der Waals surface area contributed by atoms with Gasteiger partial charge >= 0.3 is 0 Å². The minimum atomic E-state index is 0.751. The lowest BCUT2D eigenvalue weighted by Crippen LogP contribution is -2.02. The highest BCUT2D eigenvalue weighted by Crippen LogP contribution is 2.27. The zero-order valence-electron chi connectivity index (χ0n) is 15.3. The van der Waals surface area contributed by atoms with Crippen molar-refractivity contribution < 1.29 is 0 Å². The van der Waals surface area contributed by atoms with Crippen molar-refractivity contribution in [2.24, 2.45) is 0 Å². The van der Waals surface area contributed by atoms with E-state index in [4.69, 9.17) is 4.98 Å². The molecule has 0 radical (unpaired) electrons. The molecule has 0 saturated carbocycles. The largest absolute Gasteiger partial charge is 0.299 e. The maximum Gasteiger partial charge on any atom is 0.170 e. The normalized spacial score (nSPS) is 11.0. The summed E-state index contributed by atoms with van der Waals surface area (Å²) in [5, 5.41) is 0.998. The lowest BCUT2D eigenvalue weighted by molar-refractivity contribution is 0.724. The van der Waals surface area contributed by atoms with Crippen LogP contribution < -0.4 is 0 Å². The van der Waals surface area contributed by atoms with Crippen LogP contribution in [-0.2, 0) is 12.3 Å². The van der Waals surface area contributed by atoms with E-state index in [1.54, 1.807) is 11.8 Å². The standard InChI is InChI=1S/C23H21N3S/c1-3-18-9-11-19(12-10-18)15-26-22-21(8-5-13-24-22)25-23(26)27-16-20-7-4-6-17(2)14-20/h3-14H,1,15-16H2,2H3. The van der Waals surface area contributed by atoms with Gasteiger partial charge in [-0.25, -0.2) is 9.97 Å². The molecule has 2 aromatic heterocycles. The Hall–Kier alpha value is -2.85. The second-order valence-electron chi connectivity index (χ2n) is 6.55. The van der Waals surface area contributed by atoms with Crippen LogP contribution in [0.25, 0.3) is 17.2 Å². The molecular weight excluding hydrogens is 350 g/mol. The molecule has 4 heteroatoms. The fraction of sp³-hybridized carbons (Fsp3) is 0.130. The number of aromatic nitrogens is 3. The van der Waals surface area contributed by atoms with Gasteiger partial charge in [0.25, 0.3) is 0 Å². The number of hydrogen-bond acceptors (Lipinski definition) is 3. The summed E-state index contributed by atoms with van der Waals surface area (Å²) in [5.41, 5.74) is 6.81. The predicted molar refractivity (Wildman–Crippen MR) is 114 cm³/mol. The number of aryl methyl sites for hydroxylation is 1. The summed E-state index contributed by atoms with van der Waals surface area (Å²) < 4.78 is 2.21. The number of thioether (sulfide) groups is 1. The molecule has 0 aliphatic carbocycles. The monoisotopic (exact) mass is 371 g/mol. The van der Waals surface area contributed by atoms with Crippen molar-refractivity contribution in [3.05, 3.63) is 95.7 Å². The maximum atomic E-state index is 4.83. The van der Waals surface area contributed by atoms with Gasteiger partial charge in [0.05, 0.1) is 6.54 Å². The molecule has 0 aliphatic rings. The van der Waals surface area contributed by atoms with Gasteiger partial charge < -0.3 is 0 Å². The lowest BCUT2D eigenvalue weighted by Gasteiger charge is -2.09. The highest BCUT2D eigenvalue weighted by molar-refractivity contribution is 7.98. The third-order valence-electron chi connectivity index (χ3n) is 4.48. The minimum Gasteiger partial charge on any atom is -0.299 e. The summed E-state index contributed by atoms with van der Waals surface area (Å²) in [6.07, 6.45) is 3.69. The molecule has 0 amide bonds. The molecule has 0 atom stereocenters. The van der Waals surface area contributed by atoms with E-state index in [-0.39, 0.29) is 0 Å². The third-order valence-corrected chi connectivity index (χ3v) is 5.52. The van der Waals surface area contributed by atoms with Crippen LogP contribution in [0.3, 0.4) is 0 Å². The average molecular weight is 372 g/mol. The van der Waals surface area contributed by atoms with Gasteiger partial charge in [0.15, 0.2) is 10.8 Å². The molecule has 0 spiro atoms. The molecule has 0 saturated heterocycles. The van der Waals surface area contributed by atoms with Crippen LogP contribution >= 0.6 is 11.8 Å². The number of benzene rings is 2. The first-order chi connectivity index (χ1) is 13.2. The molecule has 0 aliphatic heterocycles. The van der Waals surface area contributed by atoms with Crippen LogP contribution in [0.2, 0.25) is 0 Å². The Kier molecular flexibility index (Phi) is 5.07. The van der Waals surface area contributed by atoms with E-state index < -0.39 is 0 Å². The van der Waals surface area contributed by atoms with Crippen LogP contribution in [-0.4, -0.2) is 14.5 Å². The Morgan fingerprint density at radius 1 is 1.04 bits per heavy atom. The molecule has 3 nitrogen and oxygen atoms in total. The van der Waals surface area contributed by atoms with Crippen LogP contribution in [0, 0.1) is 6.92 Å². The number of imidazole rings is 1. The van der Waals surface area contributed by atoms with Gasteiger partial charge in [-0.3, -0.25) is 4.57 Å². The third kappa shape index (κ3) is 3.96. The number of nitrogens with zero attached hydrogens (tertiary/aromatic N) is 3. The molecule has 4 rings (SSSR count). The van der Waals surface area contributed by atoms with Crippen LogP contribution in [0.1, 0.15) is 22.3 Å². The van der Waals surface area contributed by atoms with Crippen LogP contribution in [0.5, 0.6) is 0 Å². The van der Waals surface area contributed by atoms with Gasteiger partial charge in [-0.2, -0.15) is 0 Å². The van der Waals surface area contributed by atoms with E-state index in [0.29, 0.717) is 0 Å². The fourth-order valence-corrected chi connectivity index (χ4v) is 4.03. The zero-order valence-corrected chi connectivity index (χ0v) is 16.1. The topological polar surface area (TPSA) is 30.7 Å². The zero-order chi connectivity index (χ0) is 18.6. The molecule has 134 valence electrons. The van der Waals surface area contributed by atoms with Crippen LogP contribution in [0.15, 0.2) is 78.6 Å². The molecule has 27 heavy (non-hydrogen) atoms. The molecule has 0 N–H and O–H groups in total. The number of rotatable bonds is 6. The molecule has 0 bridgehead atoms.